The SMILES string of the molecule is C=CC(=O)NCc1ccc(OC2CCCCO2)cc1. The number of rotatable bonds is 5. The minimum Gasteiger partial charge on any atom is -0.465 e. The minimum atomic E-state index is -0.170. The van der Waals surface area contributed by atoms with Gasteiger partial charge in [0.15, 0.2) is 6.29 Å². The Hall–Kier alpha value is -1.81. The number of carbonyl (C=O) groups is 1. The van der Waals surface area contributed by atoms with Gasteiger partial charge in [-0.15, -0.1) is 0 Å². The van der Waals surface area contributed by atoms with Crippen LogP contribution in [-0.4, -0.2) is 18.8 Å². The summed E-state index contributed by atoms with van der Waals surface area (Å²) in [5.41, 5.74) is 1.02. The second kappa shape index (κ2) is 6.95. The molecule has 0 aromatic heterocycles. The molecule has 1 aliphatic heterocycles. The Bertz CT molecular complexity index is 422. The van der Waals surface area contributed by atoms with Crippen molar-refractivity contribution in [1.29, 1.82) is 0 Å². The molecule has 4 nitrogen and oxygen atoms in total. The molecule has 1 atom stereocenters. The van der Waals surface area contributed by atoms with Crippen LogP contribution in [0.1, 0.15) is 24.8 Å². The van der Waals surface area contributed by atoms with Crippen LogP contribution in [0, 0.1) is 0 Å². The summed E-state index contributed by atoms with van der Waals surface area (Å²) >= 11 is 0. The van der Waals surface area contributed by atoms with Crippen molar-refractivity contribution in [3.8, 4) is 5.75 Å². The molecular weight excluding hydrogens is 242 g/mol. The summed E-state index contributed by atoms with van der Waals surface area (Å²) < 4.78 is 11.2. The van der Waals surface area contributed by atoms with E-state index >= 15 is 0 Å². The molecule has 0 aliphatic carbocycles. The summed E-state index contributed by atoms with van der Waals surface area (Å²) in [7, 11) is 0. The molecule has 0 saturated carbocycles. The Morgan fingerprint density at radius 1 is 1.42 bits per heavy atom. The Kier molecular flexibility index (Phi) is 4.98. The second-order valence-electron chi connectivity index (χ2n) is 4.48. The predicted molar refractivity (Wildman–Crippen MR) is 72.7 cm³/mol. The first-order chi connectivity index (χ1) is 9.28. The Labute approximate surface area is 113 Å². The van der Waals surface area contributed by atoms with Crippen molar-refractivity contribution in [3.63, 3.8) is 0 Å². The van der Waals surface area contributed by atoms with E-state index in [0.29, 0.717) is 6.54 Å². The Balaban J connectivity index is 1.83. The van der Waals surface area contributed by atoms with E-state index in [9.17, 15) is 4.79 Å². The van der Waals surface area contributed by atoms with Gasteiger partial charge in [0.1, 0.15) is 5.75 Å². The predicted octanol–water partition coefficient (Wildman–Crippen LogP) is 2.39. The van der Waals surface area contributed by atoms with Crippen LogP contribution in [0.25, 0.3) is 0 Å². The van der Waals surface area contributed by atoms with Gasteiger partial charge in [0, 0.05) is 13.0 Å². The zero-order valence-electron chi connectivity index (χ0n) is 10.9. The molecule has 1 fully saturated rings. The van der Waals surface area contributed by atoms with E-state index in [0.717, 1.165) is 37.2 Å². The second-order valence-corrected chi connectivity index (χ2v) is 4.48. The zero-order valence-corrected chi connectivity index (χ0v) is 10.9. The molecule has 1 N–H and O–H groups in total. The molecule has 1 saturated heterocycles. The van der Waals surface area contributed by atoms with Gasteiger partial charge in [0.2, 0.25) is 5.91 Å². The molecule has 1 heterocycles. The van der Waals surface area contributed by atoms with E-state index in [4.69, 9.17) is 9.47 Å². The lowest BCUT2D eigenvalue weighted by molar-refractivity contribution is -0.116. The normalized spacial score (nSPS) is 18.6. The molecule has 1 unspecified atom stereocenters. The molecule has 1 aromatic carbocycles. The molecule has 102 valence electrons. The minimum absolute atomic E-state index is 0.125. The molecule has 0 spiro atoms. The first kappa shape index (κ1) is 13.6. The van der Waals surface area contributed by atoms with Crippen LogP contribution in [0.2, 0.25) is 0 Å². The number of nitrogens with one attached hydrogen (secondary N) is 1. The van der Waals surface area contributed by atoms with Crippen LogP contribution in [0.3, 0.4) is 0 Å². The van der Waals surface area contributed by atoms with Gasteiger partial charge < -0.3 is 14.8 Å². The summed E-state index contributed by atoms with van der Waals surface area (Å²) in [6, 6.07) is 7.66. The van der Waals surface area contributed by atoms with Crippen LogP contribution in [0.4, 0.5) is 0 Å². The number of hydrogen-bond acceptors (Lipinski definition) is 3. The fourth-order valence-electron chi connectivity index (χ4n) is 1.90. The molecule has 1 amide bonds. The maximum atomic E-state index is 11.0. The Morgan fingerprint density at radius 2 is 2.21 bits per heavy atom. The maximum absolute atomic E-state index is 11.0. The van der Waals surface area contributed by atoms with Crippen LogP contribution >= 0.6 is 0 Å². The van der Waals surface area contributed by atoms with Gasteiger partial charge in [-0.2, -0.15) is 0 Å². The third kappa shape index (κ3) is 4.41. The van der Waals surface area contributed by atoms with Crippen molar-refractivity contribution < 1.29 is 14.3 Å². The smallest absolute Gasteiger partial charge is 0.243 e. The van der Waals surface area contributed by atoms with E-state index in [1.165, 1.54) is 6.08 Å². The van der Waals surface area contributed by atoms with Crippen LogP contribution < -0.4 is 10.1 Å². The van der Waals surface area contributed by atoms with Gasteiger partial charge in [-0.1, -0.05) is 18.7 Å². The number of ether oxygens (including phenoxy) is 2. The summed E-state index contributed by atoms with van der Waals surface area (Å²) in [4.78, 5) is 11.0. The molecule has 1 aliphatic rings. The van der Waals surface area contributed by atoms with Gasteiger partial charge in [0.25, 0.3) is 0 Å². The fraction of sp³-hybridized carbons (Fsp3) is 0.400. The highest BCUT2D eigenvalue weighted by molar-refractivity contribution is 5.86. The summed E-state index contributed by atoms with van der Waals surface area (Å²) in [5.74, 6) is 0.627. The molecule has 1 aromatic rings. The van der Waals surface area contributed by atoms with Crippen molar-refractivity contribution in [2.24, 2.45) is 0 Å². The topological polar surface area (TPSA) is 47.6 Å². The number of hydrogen-bond donors (Lipinski definition) is 1. The van der Waals surface area contributed by atoms with E-state index in [2.05, 4.69) is 11.9 Å². The van der Waals surface area contributed by atoms with E-state index in [1.54, 1.807) is 0 Å². The van der Waals surface area contributed by atoms with Crippen molar-refractivity contribution in [2.45, 2.75) is 32.1 Å². The van der Waals surface area contributed by atoms with Crippen LogP contribution in [-0.2, 0) is 16.1 Å². The van der Waals surface area contributed by atoms with Gasteiger partial charge in [-0.25, -0.2) is 0 Å². The standard InChI is InChI=1S/C15H19NO3/c1-2-14(17)16-11-12-6-8-13(9-7-12)19-15-5-3-4-10-18-15/h2,6-9,15H,1,3-5,10-11H2,(H,16,17). The lowest BCUT2D eigenvalue weighted by atomic mass is 10.2. The van der Waals surface area contributed by atoms with Gasteiger partial charge in [-0.3, -0.25) is 4.79 Å². The highest BCUT2D eigenvalue weighted by Crippen LogP contribution is 2.19. The molecule has 4 heteroatoms. The highest BCUT2D eigenvalue weighted by Gasteiger charge is 2.14. The van der Waals surface area contributed by atoms with Gasteiger partial charge >= 0.3 is 0 Å². The number of benzene rings is 1. The van der Waals surface area contributed by atoms with E-state index in [1.807, 2.05) is 24.3 Å². The Morgan fingerprint density at radius 3 is 2.84 bits per heavy atom. The average molecular weight is 261 g/mol. The fourth-order valence-corrected chi connectivity index (χ4v) is 1.90. The lowest BCUT2D eigenvalue weighted by Crippen LogP contribution is -2.25. The molecule has 0 radical (unpaired) electrons. The average Bonchev–Trinajstić information content (AvgIpc) is 2.47. The third-order valence-corrected chi connectivity index (χ3v) is 2.98. The quantitative estimate of drug-likeness (QED) is 0.828. The zero-order chi connectivity index (χ0) is 13.5. The third-order valence-electron chi connectivity index (χ3n) is 2.98. The molecule has 19 heavy (non-hydrogen) atoms. The van der Waals surface area contributed by atoms with Gasteiger partial charge in [0.05, 0.1) is 6.61 Å². The maximum Gasteiger partial charge on any atom is 0.243 e. The summed E-state index contributed by atoms with van der Waals surface area (Å²) in [6.45, 7) is 4.67. The highest BCUT2D eigenvalue weighted by atomic mass is 16.7. The van der Waals surface area contributed by atoms with Crippen LogP contribution in [0.15, 0.2) is 36.9 Å². The molecule has 2 rings (SSSR count). The first-order valence-electron chi connectivity index (χ1n) is 6.55. The van der Waals surface area contributed by atoms with Crippen molar-refractivity contribution in [1.82, 2.24) is 5.32 Å². The van der Waals surface area contributed by atoms with Gasteiger partial charge in [-0.05, 0) is 36.6 Å². The molecule has 0 bridgehead atoms. The van der Waals surface area contributed by atoms with Crippen molar-refractivity contribution in [3.05, 3.63) is 42.5 Å². The number of amides is 1. The summed E-state index contributed by atoms with van der Waals surface area (Å²) in [6.07, 6.45) is 4.34. The van der Waals surface area contributed by atoms with E-state index < -0.39 is 0 Å². The van der Waals surface area contributed by atoms with E-state index in [-0.39, 0.29) is 12.2 Å². The van der Waals surface area contributed by atoms with Crippen LogP contribution in [0.5, 0.6) is 5.75 Å². The lowest BCUT2D eigenvalue weighted by Gasteiger charge is -2.23. The van der Waals surface area contributed by atoms with Crippen molar-refractivity contribution >= 4 is 5.91 Å². The van der Waals surface area contributed by atoms with Crippen molar-refractivity contribution in [2.75, 3.05) is 6.61 Å². The number of carbonyl (C=O) groups excluding carboxylic acids is 1. The first-order valence-corrected chi connectivity index (χ1v) is 6.55. The summed E-state index contributed by atoms with van der Waals surface area (Å²) in [5, 5.41) is 2.73. The molecular formula is C15H19NO3. The monoisotopic (exact) mass is 261 g/mol. The largest absolute Gasteiger partial charge is 0.465 e.